The Bertz CT molecular complexity index is 441. The lowest BCUT2D eigenvalue weighted by molar-refractivity contribution is -0.138. The Morgan fingerprint density at radius 2 is 1.89 bits per heavy atom. The Morgan fingerprint density at radius 3 is 2.37 bits per heavy atom. The quantitative estimate of drug-likeness (QED) is 0.791. The van der Waals surface area contributed by atoms with E-state index < -0.39 is 0 Å². The molecule has 0 N–H and O–H groups in total. The number of aryl methyl sites for hydroxylation is 1. The molecule has 0 aromatic carbocycles. The van der Waals surface area contributed by atoms with E-state index in [1.807, 2.05) is 26.2 Å². The summed E-state index contributed by atoms with van der Waals surface area (Å²) in [6, 6.07) is 0. The minimum atomic E-state index is -0.0780. The monoisotopic (exact) mass is 283 g/mol. The van der Waals surface area contributed by atoms with Gasteiger partial charge in [0.15, 0.2) is 0 Å². The van der Waals surface area contributed by atoms with Crippen molar-refractivity contribution in [2.24, 2.45) is 0 Å². The van der Waals surface area contributed by atoms with Crippen molar-refractivity contribution >= 4 is 23.2 Å². The van der Waals surface area contributed by atoms with Crippen molar-refractivity contribution in [3.05, 3.63) is 16.1 Å². The van der Waals surface area contributed by atoms with Crippen molar-refractivity contribution in [2.45, 2.75) is 27.2 Å². The van der Waals surface area contributed by atoms with E-state index in [-0.39, 0.29) is 24.8 Å². The zero-order valence-corrected chi connectivity index (χ0v) is 12.8. The molecular formula is C13H21N3O2S. The molecule has 1 heterocycles. The van der Waals surface area contributed by atoms with Gasteiger partial charge in [-0.2, -0.15) is 0 Å². The van der Waals surface area contributed by atoms with Gasteiger partial charge in [0.25, 0.3) is 0 Å². The van der Waals surface area contributed by atoms with Crippen molar-refractivity contribution < 1.29 is 9.59 Å². The first-order valence-corrected chi connectivity index (χ1v) is 7.28. The van der Waals surface area contributed by atoms with Crippen LogP contribution in [0.5, 0.6) is 0 Å². The summed E-state index contributed by atoms with van der Waals surface area (Å²) in [5, 5.41) is 2.83. The van der Waals surface area contributed by atoms with Gasteiger partial charge in [-0.1, -0.05) is 0 Å². The van der Waals surface area contributed by atoms with E-state index in [0.717, 1.165) is 10.7 Å². The van der Waals surface area contributed by atoms with Crippen LogP contribution in [0.15, 0.2) is 5.38 Å². The standard InChI is InChI=1S/C13H21N3O2S/c1-5-16(6-2)13(18)8-15(4)12(17)7-11-9-19-10(3)14-11/h9H,5-8H2,1-4H3. The summed E-state index contributed by atoms with van der Waals surface area (Å²) in [6.45, 7) is 7.24. The number of thiazole rings is 1. The summed E-state index contributed by atoms with van der Waals surface area (Å²) in [7, 11) is 1.66. The van der Waals surface area contributed by atoms with Crippen LogP contribution in [0.25, 0.3) is 0 Å². The number of rotatable bonds is 6. The van der Waals surface area contributed by atoms with E-state index in [9.17, 15) is 9.59 Å². The molecule has 0 bridgehead atoms. The Labute approximate surface area is 118 Å². The zero-order valence-electron chi connectivity index (χ0n) is 12.0. The summed E-state index contributed by atoms with van der Waals surface area (Å²) in [5.74, 6) is -0.0962. The lowest BCUT2D eigenvalue weighted by Crippen LogP contribution is -2.41. The average Bonchev–Trinajstić information content (AvgIpc) is 2.76. The normalized spacial score (nSPS) is 10.3. The van der Waals surface area contributed by atoms with Crippen LogP contribution < -0.4 is 0 Å². The third-order valence-corrected chi connectivity index (χ3v) is 3.74. The molecule has 5 nitrogen and oxygen atoms in total. The van der Waals surface area contributed by atoms with Crippen molar-refractivity contribution in [1.82, 2.24) is 14.8 Å². The summed E-state index contributed by atoms with van der Waals surface area (Å²) in [5.41, 5.74) is 0.773. The molecule has 0 atom stereocenters. The van der Waals surface area contributed by atoms with E-state index in [1.54, 1.807) is 11.9 Å². The molecule has 0 aliphatic rings. The summed E-state index contributed by atoms with van der Waals surface area (Å²) < 4.78 is 0. The van der Waals surface area contributed by atoms with Crippen LogP contribution >= 0.6 is 11.3 Å². The first-order chi connectivity index (χ1) is 8.97. The van der Waals surface area contributed by atoms with Crippen molar-refractivity contribution in [3.63, 3.8) is 0 Å². The van der Waals surface area contributed by atoms with Gasteiger partial charge in [0.05, 0.1) is 23.7 Å². The van der Waals surface area contributed by atoms with Crippen LogP contribution in [0, 0.1) is 6.92 Å². The number of hydrogen-bond donors (Lipinski definition) is 0. The Kier molecular flexibility index (Phi) is 5.95. The number of hydrogen-bond acceptors (Lipinski definition) is 4. The number of likely N-dealkylation sites (N-methyl/N-ethyl adjacent to an activating group) is 2. The van der Waals surface area contributed by atoms with Crippen LogP contribution in [0.1, 0.15) is 24.5 Å². The molecule has 0 aliphatic heterocycles. The predicted octanol–water partition coefficient (Wildman–Crippen LogP) is 1.32. The maximum atomic E-state index is 12.0. The minimum absolute atomic E-state index is 0.0182. The van der Waals surface area contributed by atoms with Crippen LogP contribution in [0.4, 0.5) is 0 Å². The van der Waals surface area contributed by atoms with Gasteiger partial charge >= 0.3 is 0 Å². The molecule has 6 heteroatoms. The Balaban J connectivity index is 2.51. The molecule has 2 amide bonds. The van der Waals surface area contributed by atoms with Gasteiger partial charge in [-0.3, -0.25) is 9.59 Å². The van der Waals surface area contributed by atoms with Crippen molar-refractivity contribution in [1.29, 1.82) is 0 Å². The van der Waals surface area contributed by atoms with Gasteiger partial charge in [0, 0.05) is 25.5 Å². The van der Waals surface area contributed by atoms with Crippen LogP contribution in [-0.2, 0) is 16.0 Å². The second-order valence-electron chi connectivity index (χ2n) is 4.35. The van der Waals surface area contributed by atoms with Crippen LogP contribution in [0.3, 0.4) is 0 Å². The van der Waals surface area contributed by atoms with E-state index in [2.05, 4.69) is 4.98 Å². The lowest BCUT2D eigenvalue weighted by Gasteiger charge is -2.23. The highest BCUT2D eigenvalue weighted by Gasteiger charge is 2.17. The second-order valence-corrected chi connectivity index (χ2v) is 5.41. The summed E-state index contributed by atoms with van der Waals surface area (Å²) >= 11 is 1.53. The first-order valence-electron chi connectivity index (χ1n) is 6.40. The number of carbonyl (C=O) groups is 2. The maximum Gasteiger partial charge on any atom is 0.242 e. The third kappa shape index (κ3) is 4.63. The molecule has 0 unspecified atom stereocenters. The Hall–Kier alpha value is -1.43. The largest absolute Gasteiger partial charge is 0.342 e. The van der Waals surface area contributed by atoms with E-state index in [1.165, 1.54) is 16.2 Å². The highest BCUT2D eigenvalue weighted by molar-refractivity contribution is 7.09. The van der Waals surface area contributed by atoms with E-state index >= 15 is 0 Å². The van der Waals surface area contributed by atoms with Crippen molar-refractivity contribution in [3.8, 4) is 0 Å². The smallest absolute Gasteiger partial charge is 0.242 e. The number of aromatic nitrogens is 1. The average molecular weight is 283 g/mol. The molecular weight excluding hydrogens is 262 g/mol. The fourth-order valence-corrected chi connectivity index (χ4v) is 2.36. The molecule has 1 aromatic heterocycles. The van der Waals surface area contributed by atoms with Crippen LogP contribution in [-0.4, -0.2) is 53.3 Å². The molecule has 0 fully saturated rings. The summed E-state index contributed by atoms with van der Waals surface area (Å²) in [6.07, 6.45) is 0.256. The number of amides is 2. The number of carbonyl (C=O) groups excluding carboxylic acids is 2. The van der Waals surface area contributed by atoms with Gasteiger partial charge < -0.3 is 9.80 Å². The highest BCUT2D eigenvalue weighted by Crippen LogP contribution is 2.09. The zero-order chi connectivity index (χ0) is 14.4. The molecule has 0 saturated carbocycles. The fraction of sp³-hybridized carbons (Fsp3) is 0.615. The minimum Gasteiger partial charge on any atom is -0.342 e. The molecule has 1 rings (SSSR count). The first kappa shape index (κ1) is 15.6. The third-order valence-electron chi connectivity index (χ3n) is 2.91. The molecule has 0 aliphatic carbocycles. The maximum absolute atomic E-state index is 12.0. The van der Waals surface area contributed by atoms with Gasteiger partial charge in [0.2, 0.25) is 11.8 Å². The highest BCUT2D eigenvalue weighted by atomic mass is 32.1. The van der Waals surface area contributed by atoms with E-state index in [0.29, 0.717) is 13.1 Å². The van der Waals surface area contributed by atoms with Gasteiger partial charge in [-0.25, -0.2) is 4.98 Å². The van der Waals surface area contributed by atoms with E-state index in [4.69, 9.17) is 0 Å². The molecule has 1 aromatic rings. The molecule has 106 valence electrons. The predicted molar refractivity (Wildman–Crippen MR) is 76.1 cm³/mol. The fourth-order valence-electron chi connectivity index (χ4n) is 1.75. The lowest BCUT2D eigenvalue weighted by atomic mass is 10.3. The SMILES string of the molecule is CCN(CC)C(=O)CN(C)C(=O)Cc1csc(C)n1. The summed E-state index contributed by atoms with van der Waals surface area (Å²) in [4.78, 5) is 31.3. The molecule has 0 radical (unpaired) electrons. The molecule has 0 spiro atoms. The van der Waals surface area contributed by atoms with Crippen molar-refractivity contribution in [2.75, 3.05) is 26.7 Å². The van der Waals surface area contributed by atoms with Gasteiger partial charge in [-0.15, -0.1) is 11.3 Å². The topological polar surface area (TPSA) is 53.5 Å². The number of nitrogens with zero attached hydrogens (tertiary/aromatic N) is 3. The second kappa shape index (κ2) is 7.23. The molecule has 0 saturated heterocycles. The van der Waals surface area contributed by atoms with Gasteiger partial charge in [0.1, 0.15) is 0 Å². The van der Waals surface area contributed by atoms with Gasteiger partial charge in [-0.05, 0) is 20.8 Å². The van der Waals surface area contributed by atoms with Crippen LogP contribution in [0.2, 0.25) is 0 Å². The Morgan fingerprint density at radius 1 is 1.26 bits per heavy atom. The molecule has 19 heavy (non-hydrogen) atoms.